The Morgan fingerprint density at radius 1 is 1.55 bits per heavy atom. The third kappa shape index (κ3) is 1.40. The lowest BCUT2D eigenvalue weighted by atomic mass is 9.91. The van der Waals surface area contributed by atoms with Crippen molar-refractivity contribution in [3.63, 3.8) is 0 Å². The van der Waals surface area contributed by atoms with Gasteiger partial charge in [0.15, 0.2) is 5.78 Å². The Labute approximate surface area is 66.5 Å². The first-order chi connectivity index (χ1) is 5.08. The minimum Gasteiger partial charge on any atom is -0.370 e. The standard InChI is InChI=1S/C9H12O2/c1-7-6-8(10)4-5-9(7,2)11-3/h4-6H,1-3H3. The van der Waals surface area contributed by atoms with Gasteiger partial charge in [-0.15, -0.1) is 0 Å². The molecule has 0 aliphatic heterocycles. The fourth-order valence-electron chi connectivity index (χ4n) is 1.01. The summed E-state index contributed by atoms with van der Waals surface area (Å²) in [6.07, 6.45) is 4.92. The minimum atomic E-state index is -0.381. The van der Waals surface area contributed by atoms with Crippen LogP contribution in [0.25, 0.3) is 0 Å². The van der Waals surface area contributed by atoms with E-state index in [1.165, 1.54) is 6.08 Å². The van der Waals surface area contributed by atoms with Gasteiger partial charge in [0.2, 0.25) is 0 Å². The predicted molar refractivity (Wildman–Crippen MR) is 43.3 cm³/mol. The molecule has 0 aromatic carbocycles. The lowest BCUT2D eigenvalue weighted by molar-refractivity contribution is -0.110. The first kappa shape index (κ1) is 8.21. The number of methoxy groups -OCH3 is 1. The molecule has 1 aliphatic rings. The third-order valence-electron chi connectivity index (χ3n) is 2.13. The normalized spacial score (nSPS) is 30.5. The number of ketones is 1. The summed E-state index contributed by atoms with van der Waals surface area (Å²) in [4.78, 5) is 10.9. The van der Waals surface area contributed by atoms with Crippen molar-refractivity contribution in [2.24, 2.45) is 0 Å². The molecule has 60 valence electrons. The molecule has 1 aliphatic carbocycles. The lowest BCUT2D eigenvalue weighted by Crippen LogP contribution is -2.28. The second kappa shape index (κ2) is 2.62. The zero-order valence-corrected chi connectivity index (χ0v) is 7.05. The Balaban J connectivity index is 2.96. The van der Waals surface area contributed by atoms with E-state index in [4.69, 9.17) is 4.74 Å². The van der Waals surface area contributed by atoms with Crippen LogP contribution in [0.15, 0.2) is 23.8 Å². The van der Waals surface area contributed by atoms with Crippen LogP contribution in [0.1, 0.15) is 13.8 Å². The number of hydrogen-bond donors (Lipinski definition) is 0. The molecule has 1 rings (SSSR count). The van der Waals surface area contributed by atoms with Crippen molar-refractivity contribution in [2.45, 2.75) is 19.4 Å². The van der Waals surface area contributed by atoms with E-state index in [0.717, 1.165) is 5.57 Å². The van der Waals surface area contributed by atoms with Crippen molar-refractivity contribution < 1.29 is 9.53 Å². The Morgan fingerprint density at radius 3 is 2.64 bits per heavy atom. The van der Waals surface area contributed by atoms with Crippen LogP contribution in [0.3, 0.4) is 0 Å². The van der Waals surface area contributed by atoms with Crippen LogP contribution in [0.2, 0.25) is 0 Å². The molecule has 0 saturated heterocycles. The van der Waals surface area contributed by atoms with E-state index in [1.54, 1.807) is 19.3 Å². The maximum atomic E-state index is 10.9. The smallest absolute Gasteiger partial charge is 0.178 e. The Hall–Kier alpha value is -0.890. The van der Waals surface area contributed by atoms with Crippen molar-refractivity contribution in [1.82, 2.24) is 0 Å². The Bertz CT molecular complexity index is 238. The van der Waals surface area contributed by atoms with Crippen molar-refractivity contribution in [1.29, 1.82) is 0 Å². The number of ether oxygens (including phenoxy) is 1. The fourth-order valence-corrected chi connectivity index (χ4v) is 1.01. The highest BCUT2D eigenvalue weighted by molar-refractivity contribution is 6.01. The van der Waals surface area contributed by atoms with Gasteiger partial charge in [0.25, 0.3) is 0 Å². The van der Waals surface area contributed by atoms with Crippen LogP contribution in [-0.2, 0) is 9.53 Å². The first-order valence-corrected chi connectivity index (χ1v) is 3.55. The largest absolute Gasteiger partial charge is 0.370 e. The second-order valence-electron chi connectivity index (χ2n) is 2.87. The number of allylic oxidation sites excluding steroid dienone is 2. The second-order valence-corrected chi connectivity index (χ2v) is 2.87. The van der Waals surface area contributed by atoms with Gasteiger partial charge in [0, 0.05) is 7.11 Å². The number of carbonyl (C=O) groups excluding carboxylic acids is 1. The number of hydrogen-bond acceptors (Lipinski definition) is 2. The van der Waals surface area contributed by atoms with Gasteiger partial charge in [-0.05, 0) is 37.6 Å². The van der Waals surface area contributed by atoms with E-state index in [2.05, 4.69) is 0 Å². The molecule has 0 heterocycles. The van der Waals surface area contributed by atoms with Crippen LogP contribution < -0.4 is 0 Å². The van der Waals surface area contributed by atoms with Crippen molar-refractivity contribution in [2.75, 3.05) is 7.11 Å². The summed E-state index contributed by atoms with van der Waals surface area (Å²) < 4.78 is 5.23. The summed E-state index contributed by atoms with van der Waals surface area (Å²) in [6.45, 7) is 3.83. The van der Waals surface area contributed by atoms with E-state index in [-0.39, 0.29) is 11.4 Å². The van der Waals surface area contributed by atoms with Crippen LogP contribution >= 0.6 is 0 Å². The maximum Gasteiger partial charge on any atom is 0.178 e. The highest BCUT2D eigenvalue weighted by atomic mass is 16.5. The summed E-state index contributed by atoms with van der Waals surface area (Å²) in [5.41, 5.74) is 0.570. The molecule has 0 fully saturated rings. The Morgan fingerprint density at radius 2 is 2.18 bits per heavy atom. The summed E-state index contributed by atoms with van der Waals surface area (Å²) in [5, 5.41) is 0. The summed E-state index contributed by atoms with van der Waals surface area (Å²) >= 11 is 0. The molecule has 11 heavy (non-hydrogen) atoms. The van der Waals surface area contributed by atoms with Gasteiger partial charge in [-0.25, -0.2) is 0 Å². The summed E-state index contributed by atoms with van der Waals surface area (Å²) in [6, 6.07) is 0. The highest BCUT2D eigenvalue weighted by Crippen LogP contribution is 2.24. The zero-order chi connectivity index (χ0) is 8.48. The third-order valence-corrected chi connectivity index (χ3v) is 2.13. The summed E-state index contributed by atoms with van der Waals surface area (Å²) in [7, 11) is 1.64. The molecule has 2 nitrogen and oxygen atoms in total. The van der Waals surface area contributed by atoms with E-state index < -0.39 is 0 Å². The van der Waals surface area contributed by atoms with Gasteiger partial charge in [-0.1, -0.05) is 0 Å². The molecule has 0 bridgehead atoms. The number of carbonyl (C=O) groups is 1. The van der Waals surface area contributed by atoms with Crippen LogP contribution in [-0.4, -0.2) is 18.5 Å². The SMILES string of the molecule is COC1(C)C=CC(=O)C=C1C. The first-order valence-electron chi connectivity index (χ1n) is 3.55. The van der Waals surface area contributed by atoms with Crippen LogP contribution in [0.4, 0.5) is 0 Å². The molecule has 0 aromatic heterocycles. The molecular formula is C9H12O2. The molecule has 1 atom stereocenters. The maximum absolute atomic E-state index is 10.9. The monoisotopic (exact) mass is 152 g/mol. The quantitative estimate of drug-likeness (QED) is 0.568. The minimum absolute atomic E-state index is 0.0389. The average molecular weight is 152 g/mol. The van der Waals surface area contributed by atoms with Crippen LogP contribution in [0, 0.1) is 0 Å². The zero-order valence-electron chi connectivity index (χ0n) is 7.05. The molecule has 0 amide bonds. The van der Waals surface area contributed by atoms with Gasteiger partial charge in [-0.2, -0.15) is 0 Å². The fraction of sp³-hybridized carbons (Fsp3) is 0.444. The lowest BCUT2D eigenvalue weighted by Gasteiger charge is -2.27. The molecule has 0 N–H and O–H groups in total. The van der Waals surface area contributed by atoms with Gasteiger partial charge in [0.1, 0.15) is 5.60 Å². The molecule has 1 unspecified atom stereocenters. The molecule has 0 aromatic rings. The van der Waals surface area contributed by atoms with E-state index in [9.17, 15) is 4.79 Å². The molecular weight excluding hydrogens is 140 g/mol. The van der Waals surface area contributed by atoms with Crippen molar-refractivity contribution >= 4 is 5.78 Å². The molecule has 0 spiro atoms. The number of rotatable bonds is 1. The molecule has 2 heteroatoms. The highest BCUT2D eigenvalue weighted by Gasteiger charge is 2.25. The predicted octanol–water partition coefficient (Wildman–Crippen LogP) is 1.48. The Kier molecular flexibility index (Phi) is 1.96. The average Bonchev–Trinajstić information content (AvgIpc) is 1.98. The molecule has 0 saturated carbocycles. The van der Waals surface area contributed by atoms with E-state index in [1.807, 2.05) is 13.8 Å². The van der Waals surface area contributed by atoms with Crippen molar-refractivity contribution in [3.8, 4) is 0 Å². The van der Waals surface area contributed by atoms with Gasteiger partial charge >= 0.3 is 0 Å². The van der Waals surface area contributed by atoms with Crippen LogP contribution in [0.5, 0.6) is 0 Å². The van der Waals surface area contributed by atoms with E-state index in [0.29, 0.717) is 0 Å². The molecule has 0 radical (unpaired) electrons. The summed E-state index contributed by atoms with van der Waals surface area (Å²) in [5.74, 6) is 0.0389. The van der Waals surface area contributed by atoms with Gasteiger partial charge in [-0.3, -0.25) is 4.79 Å². The van der Waals surface area contributed by atoms with E-state index >= 15 is 0 Å². The topological polar surface area (TPSA) is 26.3 Å². The van der Waals surface area contributed by atoms with Gasteiger partial charge in [0.05, 0.1) is 0 Å². The van der Waals surface area contributed by atoms with Gasteiger partial charge < -0.3 is 4.74 Å². The van der Waals surface area contributed by atoms with Crippen molar-refractivity contribution in [3.05, 3.63) is 23.8 Å².